The largest absolute Gasteiger partial charge is 0.486 e. The van der Waals surface area contributed by atoms with Crippen LogP contribution >= 0.6 is 85.7 Å². The lowest BCUT2D eigenvalue weighted by atomic mass is 10.2. The average Bonchev–Trinajstić information content (AvgIpc) is 3.04. The summed E-state index contributed by atoms with van der Waals surface area (Å²) in [5.74, 6) is 0.125. The first-order valence-electron chi connectivity index (χ1n) is 9.89. The second-order valence-corrected chi connectivity index (χ2v) is 11.2. The van der Waals surface area contributed by atoms with E-state index in [2.05, 4.69) is 20.9 Å². The number of benzene rings is 3. The fourth-order valence-corrected chi connectivity index (χ4v) is 5.54. The smallest absolute Gasteiger partial charge is 0.266 e. The predicted molar refractivity (Wildman–Crippen MR) is 152 cm³/mol. The van der Waals surface area contributed by atoms with Gasteiger partial charge < -0.3 is 4.74 Å². The van der Waals surface area contributed by atoms with E-state index in [1.165, 1.54) is 16.7 Å². The number of amides is 1. The number of likely N-dealkylation sites (N-methyl/N-ethyl adjacent to an activating group) is 1. The number of carbonyl (C=O) groups excluding carboxylic acids is 1. The van der Waals surface area contributed by atoms with Crippen molar-refractivity contribution < 1.29 is 9.53 Å². The molecule has 1 fully saturated rings. The van der Waals surface area contributed by atoms with Gasteiger partial charge in [0.1, 0.15) is 6.61 Å². The van der Waals surface area contributed by atoms with Gasteiger partial charge >= 0.3 is 0 Å². The average molecular weight is 652 g/mol. The van der Waals surface area contributed by atoms with Crippen molar-refractivity contribution in [3.63, 3.8) is 0 Å². The van der Waals surface area contributed by atoms with Crippen LogP contribution in [0.1, 0.15) is 11.1 Å². The predicted octanol–water partition coefficient (Wildman–Crippen LogP) is 9.53. The van der Waals surface area contributed by atoms with E-state index in [4.69, 9.17) is 62.7 Å². The molecule has 1 aliphatic heterocycles. The summed E-state index contributed by atoms with van der Waals surface area (Å²) in [5.41, 5.74) is 2.02. The van der Waals surface area contributed by atoms with Gasteiger partial charge in [0.05, 0.1) is 25.7 Å². The van der Waals surface area contributed by atoms with Gasteiger partial charge in [-0.3, -0.25) is 9.69 Å². The van der Waals surface area contributed by atoms with Crippen molar-refractivity contribution in [1.82, 2.24) is 4.90 Å². The Morgan fingerprint density at radius 1 is 0.971 bits per heavy atom. The van der Waals surface area contributed by atoms with Gasteiger partial charge in [-0.2, -0.15) is 0 Å². The molecule has 0 radical (unpaired) electrons. The van der Waals surface area contributed by atoms with Gasteiger partial charge in [0.25, 0.3) is 5.91 Å². The summed E-state index contributed by atoms with van der Waals surface area (Å²) in [5, 5.41) is 2.68. The van der Waals surface area contributed by atoms with E-state index in [9.17, 15) is 4.79 Å². The molecule has 1 aliphatic rings. The topological polar surface area (TPSA) is 41.9 Å². The number of nitrogens with zero attached hydrogens (tertiary/aromatic N) is 2. The molecule has 4 nitrogen and oxygen atoms in total. The van der Waals surface area contributed by atoms with E-state index in [1.807, 2.05) is 0 Å². The molecule has 0 unspecified atom stereocenters. The van der Waals surface area contributed by atoms with Crippen molar-refractivity contribution in [3.8, 4) is 5.75 Å². The normalized spacial score (nSPS) is 16.0. The minimum atomic E-state index is -0.193. The van der Waals surface area contributed by atoms with Crippen LogP contribution in [0.4, 0.5) is 5.69 Å². The third-order valence-electron chi connectivity index (χ3n) is 4.84. The lowest BCUT2D eigenvalue weighted by Gasteiger charge is -2.12. The molecule has 0 saturated carbocycles. The van der Waals surface area contributed by atoms with Crippen molar-refractivity contribution in [2.24, 2.45) is 4.99 Å². The summed E-state index contributed by atoms with van der Waals surface area (Å²) in [6.45, 7) is 0.162. The van der Waals surface area contributed by atoms with Crippen molar-refractivity contribution >= 4 is 109 Å². The quantitative estimate of drug-likeness (QED) is 0.258. The first-order valence-corrected chi connectivity index (χ1v) is 13.4. The molecular weight excluding hydrogens is 638 g/mol. The first kappa shape index (κ1) is 26.7. The molecule has 0 atom stereocenters. The summed E-state index contributed by atoms with van der Waals surface area (Å²) in [4.78, 5) is 19.3. The Kier molecular flexibility index (Phi) is 8.65. The van der Waals surface area contributed by atoms with Crippen LogP contribution in [0.3, 0.4) is 0 Å². The van der Waals surface area contributed by atoms with Gasteiger partial charge in [0.15, 0.2) is 10.9 Å². The molecule has 0 N–H and O–H groups in total. The van der Waals surface area contributed by atoms with Crippen molar-refractivity contribution in [3.05, 3.63) is 94.1 Å². The zero-order valence-corrected chi connectivity index (χ0v) is 24.0. The molecule has 4 rings (SSSR count). The number of carbonyl (C=O) groups is 1. The third-order valence-corrected chi connectivity index (χ3v) is 8.28. The number of halogens is 6. The van der Waals surface area contributed by atoms with Crippen molar-refractivity contribution in [1.29, 1.82) is 0 Å². The molecule has 0 aromatic heterocycles. The fourth-order valence-electron chi connectivity index (χ4n) is 3.06. The van der Waals surface area contributed by atoms with Crippen LogP contribution in [-0.2, 0) is 11.4 Å². The van der Waals surface area contributed by atoms with Crippen LogP contribution in [0.25, 0.3) is 6.08 Å². The van der Waals surface area contributed by atoms with Crippen LogP contribution in [0.2, 0.25) is 25.1 Å². The summed E-state index contributed by atoms with van der Waals surface area (Å²) >= 11 is 35.8. The van der Waals surface area contributed by atoms with E-state index >= 15 is 0 Å². The molecule has 0 bridgehead atoms. The van der Waals surface area contributed by atoms with Crippen molar-refractivity contribution in [2.45, 2.75) is 6.61 Å². The molecule has 1 heterocycles. The summed E-state index contributed by atoms with van der Waals surface area (Å²) in [6.07, 6.45) is 1.71. The Hall–Kier alpha value is -1.38. The molecule has 0 aliphatic carbocycles. The monoisotopic (exact) mass is 648 g/mol. The molecule has 1 amide bonds. The van der Waals surface area contributed by atoms with Gasteiger partial charge in [-0.15, -0.1) is 0 Å². The van der Waals surface area contributed by atoms with Gasteiger partial charge in [-0.1, -0.05) is 64.1 Å². The zero-order valence-electron chi connectivity index (χ0n) is 17.8. The number of ether oxygens (including phenoxy) is 1. The molecule has 35 heavy (non-hydrogen) atoms. The minimum absolute atomic E-state index is 0.162. The summed E-state index contributed by atoms with van der Waals surface area (Å²) in [7, 11) is 1.66. The van der Waals surface area contributed by atoms with Gasteiger partial charge in [-0.05, 0) is 81.8 Å². The van der Waals surface area contributed by atoms with E-state index in [0.717, 1.165) is 10.0 Å². The Labute approximate surface area is 239 Å². The van der Waals surface area contributed by atoms with Crippen LogP contribution in [0, 0.1) is 0 Å². The molecule has 180 valence electrons. The van der Waals surface area contributed by atoms with Crippen LogP contribution in [0.15, 0.2) is 62.9 Å². The highest BCUT2D eigenvalue weighted by atomic mass is 79.9. The van der Waals surface area contributed by atoms with Gasteiger partial charge in [0, 0.05) is 27.1 Å². The highest BCUT2D eigenvalue weighted by Gasteiger charge is 2.30. The number of hydrogen-bond acceptors (Lipinski definition) is 4. The molecule has 0 spiro atoms. The standard InChI is InChI=1S/C24H14BrCl5N2O2S/c1-32-23(33)21(35-24(32)31-15-4-5-16(25)18(28)10-15)8-12-6-19(29)22(20(30)7-12)34-11-13-2-3-14(26)9-17(13)27/h2-10H,11H2,1H3/b21-8-,31-24?. The van der Waals surface area contributed by atoms with Gasteiger partial charge in [0.2, 0.25) is 0 Å². The third kappa shape index (κ3) is 6.31. The SMILES string of the molecule is CN1C(=O)/C(=C/c2cc(Cl)c(OCc3ccc(Cl)cc3Cl)c(Cl)c2)SC1=Nc1ccc(Br)c(Cl)c1. The second-order valence-electron chi connectivity index (χ2n) is 7.31. The summed E-state index contributed by atoms with van der Waals surface area (Å²) < 4.78 is 6.58. The Balaban J connectivity index is 1.54. The van der Waals surface area contributed by atoms with E-state index in [-0.39, 0.29) is 12.5 Å². The van der Waals surface area contributed by atoms with Crippen LogP contribution in [0.5, 0.6) is 5.75 Å². The number of hydrogen-bond donors (Lipinski definition) is 0. The lowest BCUT2D eigenvalue weighted by Crippen LogP contribution is -2.23. The van der Waals surface area contributed by atoms with E-state index < -0.39 is 0 Å². The molecule has 3 aromatic carbocycles. The molecule has 1 saturated heterocycles. The maximum absolute atomic E-state index is 12.8. The highest BCUT2D eigenvalue weighted by Crippen LogP contribution is 2.39. The maximum atomic E-state index is 12.8. The highest BCUT2D eigenvalue weighted by molar-refractivity contribution is 9.10. The minimum Gasteiger partial charge on any atom is -0.486 e. The molecule has 3 aromatic rings. The number of thioether (sulfide) groups is 1. The Bertz CT molecular complexity index is 1370. The Morgan fingerprint density at radius 2 is 1.69 bits per heavy atom. The first-order chi connectivity index (χ1) is 16.6. The molecule has 11 heteroatoms. The number of aliphatic imine (C=N–C) groups is 1. The number of rotatable bonds is 5. The second kappa shape index (κ2) is 11.3. The van der Waals surface area contributed by atoms with E-state index in [0.29, 0.717) is 52.2 Å². The number of amidine groups is 1. The van der Waals surface area contributed by atoms with Crippen molar-refractivity contribution in [2.75, 3.05) is 7.05 Å². The maximum Gasteiger partial charge on any atom is 0.266 e. The Morgan fingerprint density at radius 3 is 2.34 bits per heavy atom. The summed E-state index contributed by atoms with van der Waals surface area (Å²) in [6, 6.07) is 13.8. The zero-order chi connectivity index (χ0) is 25.3. The molecular formula is C24H14BrCl5N2O2S. The lowest BCUT2D eigenvalue weighted by molar-refractivity contribution is -0.121. The van der Waals surface area contributed by atoms with Crippen LogP contribution in [-0.4, -0.2) is 23.0 Å². The fraction of sp³-hybridized carbons (Fsp3) is 0.0833. The van der Waals surface area contributed by atoms with Gasteiger partial charge in [-0.25, -0.2) is 4.99 Å². The van der Waals surface area contributed by atoms with E-state index in [1.54, 1.807) is 61.7 Å². The van der Waals surface area contributed by atoms with Crippen LogP contribution < -0.4 is 4.74 Å².